The molecule has 0 amide bonds. The molecule has 180 valence electrons. The fraction of sp³-hybridized carbons (Fsp3) is 0.136. The van der Waals surface area contributed by atoms with Crippen LogP contribution < -0.4 is 9.01 Å². The number of halogens is 3. The molecule has 3 aromatic rings. The summed E-state index contributed by atoms with van der Waals surface area (Å²) < 4.78 is 93.0. The second kappa shape index (κ2) is 9.85. The first-order valence-electron chi connectivity index (χ1n) is 9.77. The highest BCUT2D eigenvalue weighted by molar-refractivity contribution is 7.89. The number of sulfonamides is 1. The lowest BCUT2D eigenvalue weighted by atomic mass is 10.2. The lowest BCUT2D eigenvalue weighted by Gasteiger charge is -2.11. The van der Waals surface area contributed by atoms with Crippen LogP contribution in [0.1, 0.15) is 23.6 Å². The molecule has 12 heteroatoms. The molecule has 0 radical (unpaired) electrons. The maximum Gasteiger partial charge on any atom is 0.416 e. The zero-order valence-corrected chi connectivity index (χ0v) is 19.3. The third-order valence-corrected chi connectivity index (χ3v) is 7.09. The lowest BCUT2D eigenvalue weighted by Crippen LogP contribution is -2.18. The van der Waals surface area contributed by atoms with E-state index in [2.05, 4.69) is 5.10 Å². The van der Waals surface area contributed by atoms with E-state index in [-0.39, 0.29) is 16.2 Å². The van der Waals surface area contributed by atoms with E-state index in [1.807, 2.05) is 11.8 Å². The van der Waals surface area contributed by atoms with Crippen molar-refractivity contribution >= 4 is 26.4 Å². The number of rotatable bonds is 8. The van der Waals surface area contributed by atoms with Crippen LogP contribution in [0.4, 0.5) is 13.2 Å². The Hall–Kier alpha value is -3.38. The Morgan fingerprint density at radius 3 is 2.06 bits per heavy atom. The second-order valence-corrected chi connectivity index (χ2v) is 10.2. The van der Waals surface area contributed by atoms with Crippen LogP contribution in [0.25, 0.3) is 0 Å². The number of nitrogens with one attached hydrogen (secondary N) is 1. The smallest absolute Gasteiger partial charge is 0.378 e. The molecule has 34 heavy (non-hydrogen) atoms. The molecule has 0 bridgehead atoms. The van der Waals surface area contributed by atoms with E-state index >= 15 is 0 Å². The van der Waals surface area contributed by atoms with Gasteiger partial charge in [-0.2, -0.15) is 35.1 Å². The highest BCUT2D eigenvalue weighted by Crippen LogP contribution is 2.30. The average Bonchev–Trinajstić information content (AvgIpc) is 2.79. The van der Waals surface area contributed by atoms with Crippen molar-refractivity contribution in [2.24, 2.45) is 5.10 Å². The minimum Gasteiger partial charge on any atom is -0.378 e. The maximum absolute atomic E-state index is 12.7. The summed E-state index contributed by atoms with van der Waals surface area (Å²) in [7, 11) is -8.43. The van der Waals surface area contributed by atoms with E-state index in [4.69, 9.17) is 4.18 Å². The molecule has 0 atom stereocenters. The molecular weight excluding hydrogens is 493 g/mol. The van der Waals surface area contributed by atoms with E-state index in [0.717, 1.165) is 30.3 Å². The van der Waals surface area contributed by atoms with Gasteiger partial charge >= 0.3 is 16.3 Å². The van der Waals surface area contributed by atoms with Crippen molar-refractivity contribution in [3.8, 4) is 5.75 Å². The predicted octanol–water partition coefficient (Wildman–Crippen LogP) is 4.35. The number of hydrogen-bond donors (Lipinski definition) is 1. The Morgan fingerprint density at radius 1 is 0.882 bits per heavy atom. The third-order valence-electron chi connectivity index (χ3n) is 4.61. The second-order valence-electron chi connectivity index (χ2n) is 6.95. The van der Waals surface area contributed by atoms with Gasteiger partial charge < -0.3 is 4.18 Å². The summed E-state index contributed by atoms with van der Waals surface area (Å²) in [5, 5.41) is 3.67. The largest absolute Gasteiger partial charge is 0.416 e. The van der Waals surface area contributed by atoms with Gasteiger partial charge in [0.15, 0.2) is 5.75 Å². The number of benzene rings is 3. The Kier molecular flexibility index (Phi) is 7.32. The highest BCUT2D eigenvalue weighted by atomic mass is 32.2. The summed E-state index contributed by atoms with van der Waals surface area (Å²) in [6, 6.07) is 14.8. The van der Waals surface area contributed by atoms with Gasteiger partial charge in [-0.3, -0.25) is 0 Å². The molecule has 0 heterocycles. The number of nitrogens with zero attached hydrogens (tertiary/aromatic N) is 1. The van der Waals surface area contributed by atoms with E-state index in [0.29, 0.717) is 12.1 Å². The molecule has 0 aliphatic rings. The van der Waals surface area contributed by atoms with Crippen molar-refractivity contribution in [2.75, 3.05) is 0 Å². The topological polar surface area (TPSA) is 102 Å². The molecule has 0 fully saturated rings. The van der Waals surface area contributed by atoms with Gasteiger partial charge in [-0.15, -0.1) is 0 Å². The number of hydrazone groups is 1. The first-order chi connectivity index (χ1) is 15.9. The summed E-state index contributed by atoms with van der Waals surface area (Å²) in [6.07, 6.45) is -2.81. The van der Waals surface area contributed by atoms with Gasteiger partial charge in [0.05, 0.1) is 16.7 Å². The summed E-state index contributed by atoms with van der Waals surface area (Å²) in [6.45, 7) is 1.93. The summed E-state index contributed by atoms with van der Waals surface area (Å²) in [5.41, 5.74) is 0.0698. The standard InChI is InChI=1S/C22H19F3N2O5S2/c1-2-16-7-11-19(12-8-16)33(28,29)27-26-15-17-5-3-4-6-21(17)32-34(30,31)20-13-9-18(10-14-20)22(23,24)25/h3-15,27H,2H2,1H3/b26-15+. The number of aryl methyl sites for hydroxylation is 1. The number of alkyl halides is 3. The molecule has 7 nitrogen and oxygen atoms in total. The first kappa shape index (κ1) is 25.2. The summed E-state index contributed by atoms with van der Waals surface area (Å²) in [5.74, 6) is -0.197. The van der Waals surface area contributed by atoms with Gasteiger partial charge in [0.1, 0.15) is 4.90 Å². The normalized spacial score (nSPS) is 12.6. The van der Waals surface area contributed by atoms with Gasteiger partial charge in [-0.25, -0.2) is 4.83 Å². The van der Waals surface area contributed by atoms with E-state index in [9.17, 15) is 30.0 Å². The molecule has 0 saturated heterocycles. The number of hydrogen-bond acceptors (Lipinski definition) is 6. The fourth-order valence-corrected chi connectivity index (χ4v) is 4.51. The average molecular weight is 513 g/mol. The highest BCUT2D eigenvalue weighted by Gasteiger charge is 2.31. The van der Waals surface area contributed by atoms with Crippen LogP contribution in [0.15, 0.2) is 87.7 Å². The van der Waals surface area contributed by atoms with Gasteiger partial charge in [-0.1, -0.05) is 31.2 Å². The van der Waals surface area contributed by atoms with E-state index in [1.54, 1.807) is 12.1 Å². The van der Waals surface area contributed by atoms with Gasteiger partial charge in [-0.05, 0) is 60.5 Å². The monoisotopic (exact) mass is 512 g/mol. The van der Waals surface area contributed by atoms with Crippen LogP contribution in [0, 0.1) is 0 Å². The quantitative estimate of drug-likeness (QED) is 0.275. The Morgan fingerprint density at radius 2 is 1.47 bits per heavy atom. The van der Waals surface area contributed by atoms with Crippen LogP contribution in [0.3, 0.4) is 0 Å². The van der Waals surface area contributed by atoms with Crippen LogP contribution in [-0.2, 0) is 32.7 Å². The minimum absolute atomic E-state index is 0.00346. The van der Waals surface area contributed by atoms with Crippen molar-refractivity contribution in [2.45, 2.75) is 29.3 Å². The van der Waals surface area contributed by atoms with Gasteiger partial charge in [0.25, 0.3) is 10.0 Å². The van der Waals surface area contributed by atoms with Crippen LogP contribution in [0.2, 0.25) is 0 Å². The van der Waals surface area contributed by atoms with Crippen LogP contribution in [-0.4, -0.2) is 23.1 Å². The molecule has 0 aliphatic carbocycles. The minimum atomic E-state index is -4.61. The van der Waals surface area contributed by atoms with E-state index < -0.39 is 36.8 Å². The molecule has 1 N–H and O–H groups in total. The SMILES string of the molecule is CCc1ccc(S(=O)(=O)N/N=C/c2ccccc2OS(=O)(=O)c2ccc(C(F)(F)F)cc2)cc1. The molecule has 3 aromatic carbocycles. The molecule has 3 rings (SSSR count). The maximum atomic E-state index is 12.7. The van der Waals surface area contributed by atoms with Crippen molar-refractivity contribution in [3.63, 3.8) is 0 Å². The fourth-order valence-electron chi connectivity index (χ4n) is 2.76. The Bertz CT molecular complexity index is 1390. The molecule has 0 saturated carbocycles. The third kappa shape index (κ3) is 6.14. The number of para-hydroxylation sites is 1. The lowest BCUT2D eigenvalue weighted by molar-refractivity contribution is -0.137. The molecule has 0 unspecified atom stereocenters. The van der Waals surface area contributed by atoms with Gasteiger partial charge in [0, 0.05) is 5.56 Å². The van der Waals surface area contributed by atoms with Crippen molar-refractivity contribution in [1.29, 1.82) is 0 Å². The molecular formula is C22H19F3N2O5S2. The van der Waals surface area contributed by atoms with E-state index in [1.165, 1.54) is 36.4 Å². The van der Waals surface area contributed by atoms with Crippen molar-refractivity contribution in [1.82, 2.24) is 4.83 Å². The molecule has 0 aromatic heterocycles. The van der Waals surface area contributed by atoms with Crippen molar-refractivity contribution in [3.05, 3.63) is 89.5 Å². The van der Waals surface area contributed by atoms with Crippen LogP contribution in [0.5, 0.6) is 5.75 Å². The van der Waals surface area contributed by atoms with Crippen LogP contribution >= 0.6 is 0 Å². The Labute approximate surface area is 195 Å². The van der Waals surface area contributed by atoms with Gasteiger partial charge in [0.2, 0.25) is 0 Å². The van der Waals surface area contributed by atoms with Crippen molar-refractivity contribution < 1.29 is 34.2 Å². The predicted molar refractivity (Wildman–Crippen MR) is 119 cm³/mol. The Balaban J connectivity index is 1.78. The zero-order valence-electron chi connectivity index (χ0n) is 17.7. The zero-order chi connectivity index (χ0) is 25.0. The molecule has 0 spiro atoms. The molecule has 0 aliphatic heterocycles. The summed E-state index contributed by atoms with van der Waals surface area (Å²) in [4.78, 5) is 1.55. The summed E-state index contributed by atoms with van der Waals surface area (Å²) >= 11 is 0. The first-order valence-corrected chi connectivity index (χ1v) is 12.7.